The Morgan fingerprint density at radius 3 is 3.06 bits per heavy atom. The van der Waals surface area contributed by atoms with Crippen molar-refractivity contribution in [3.05, 3.63) is 29.3 Å². The number of piperidine rings is 1. The van der Waals surface area contributed by atoms with Crippen molar-refractivity contribution in [1.29, 1.82) is 0 Å². The Balaban J connectivity index is 1.57. The van der Waals surface area contributed by atoms with Crippen LogP contribution in [0.1, 0.15) is 24.0 Å². The minimum Gasteiger partial charge on any atom is -0.493 e. The monoisotopic (exact) mass is 233 g/mol. The van der Waals surface area contributed by atoms with Gasteiger partial charge in [-0.1, -0.05) is 6.07 Å². The van der Waals surface area contributed by atoms with Gasteiger partial charge in [-0.25, -0.2) is 0 Å². The first-order valence-electron chi connectivity index (χ1n) is 6.49. The number of benzene rings is 1. The van der Waals surface area contributed by atoms with Gasteiger partial charge in [0.25, 0.3) is 0 Å². The molecule has 1 fully saturated rings. The highest BCUT2D eigenvalue weighted by atomic mass is 16.5. The van der Waals surface area contributed by atoms with E-state index < -0.39 is 0 Å². The molecule has 2 heterocycles. The van der Waals surface area contributed by atoms with Gasteiger partial charge in [-0.2, -0.15) is 0 Å². The van der Waals surface area contributed by atoms with E-state index in [-0.39, 0.29) is 0 Å². The number of rotatable bonds is 3. The fraction of sp³-hybridized carbons (Fsp3) is 0.571. The zero-order valence-electron chi connectivity index (χ0n) is 10.1. The van der Waals surface area contributed by atoms with E-state index in [1.54, 1.807) is 0 Å². The van der Waals surface area contributed by atoms with Crippen LogP contribution in [0.15, 0.2) is 18.2 Å². The van der Waals surface area contributed by atoms with Crippen LogP contribution in [0.5, 0.6) is 5.75 Å². The van der Waals surface area contributed by atoms with Crippen molar-refractivity contribution in [2.24, 2.45) is 0 Å². The van der Waals surface area contributed by atoms with Gasteiger partial charge in [0.2, 0.25) is 0 Å². The van der Waals surface area contributed by atoms with Crippen LogP contribution in [0.4, 0.5) is 0 Å². The fourth-order valence-electron chi connectivity index (χ4n) is 2.51. The summed E-state index contributed by atoms with van der Waals surface area (Å²) in [5, 5.41) is 3.35. The highest BCUT2D eigenvalue weighted by molar-refractivity contribution is 5.39. The zero-order chi connectivity index (χ0) is 11.5. The van der Waals surface area contributed by atoms with Crippen molar-refractivity contribution >= 4 is 0 Å². The first-order valence-corrected chi connectivity index (χ1v) is 6.49. The number of hydrogen-bond donors (Lipinski definition) is 1. The second-order valence-corrected chi connectivity index (χ2v) is 4.80. The smallest absolute Gasteiger partial charge is 0.122 e. The lowest BCUT2D eigenvalue weighted by molar-refractivity contribution is 0.0212. The van der Waals surface area contributed by atoms with Crippen molar-refractivity contribution in [3.8, 4) is 5.75 Å². The molecule has 3 nitrogen and oxygen atoms in total. The summed E-state index contributed by atoms with van der Waals surface area (Å²) < 4.78 is 11.4. The molecule has 1 aromatic rings. The van der Waals surface area contributed by atoms with Crippen LogP contribution in [-0.4, -0.2) is 25.8 Å². The topological polar surface area (TPSA) is 30.5 Å². The molecule has 0 aliphatic carbocycles. The van der Waals surface area contributed by atoms with Gasteiger partial charge in [-0.05, 0) is 49.2 Å². The molecule has 0 amide bonds. The zero-order valence-corrected chi connectivity index (χ0v) is 10.1. The number of hydrogen-bond acceptors (Lipinski definition) is 3. The Morgan fingerprint density at radius 1 is 1.29 bits per heavy atom. The lowest BCUT2D eigenvalue weighted by atomic mass is 10.1. The third-order valence-corrected chi connectivity index (χ3v) is 3.53. The maximum Gasteiger partial charge on any atom is 0.122 e. The van der Waals surface area contributed by atoms with Crippen LogP contribution in [-0.2, 0) is 17.8 Å². The van der Waals surface area contributed by atoms with Gasteiger partial charge in [0, 0.05) is 6.42 Å². The molecule has 0 unspecified atom stereocenters. The SMILES string of the molecule is c1cc2c(cc1COC1CCNCC1)CCO2. The Morgan fingerprint density at radius 2 is 2.18 bits per heavy atom. The Hall–Kier alpha value is -1.06. The van der Waals surface area contributed by atoms with Crippen LogP contribution in [0.2, 0.25) is 0 Å². The predicted octanol–water partition coefficient (Wildman–Crippen LogP) is 1.89. The van der Waals surface area contributed by atoms with E-state index in [0.29, 0.717) is 6.10 Å². The van der Waals surface area contributed by atoms with E-state index in [4.69, 9.17) is 9.47 Å². The van der Waals surface area contributed by atoms with Crippen molar-refractivity contribution < 1.29 is 9.47 Å². The molecule has 3 rings (SSSR count). The summed E-state index contributed by atoms with van der Waals surface area (Å²) in [6.07, 6.45) is 3.74. The summed E-state index contributed by atoms with van der Waals surface area (Å²) in [6, 6.07) is 6.41. The molecule has 1 aromatic carbocycles. The lowest BCUT2D eigenvalue weighted by Gasteiger charge is -2.23. The fourth-order valence-corrected chi connectivity index (χ4v) is 2.51. The highest BCUT2D eigenvalue weighted by Crippen LogP contribution is 2.26. The van der Waals surface area contributed by atoms with Gasteiger partial charge in [-0.3, -0.25) is 0 Å². The van der Waals surface area contributed by atoms with Crippen LogP contribution in [0, 0.1) is 0 Å². The summed E-state index contributed by atoms with van der Waals surface area (Å²) in [7, 11) is 0. The standard InChI is InChI=1S/C14H19NO2/c1-2-14-12(5-8-16-14)9-11(1)10-17-13-3-6-15-7-4-13/h1-2,9,13,15H,3-8,10H2. The van der Waals surface area contributed by atoms with Gasteiger partial charge < -0.3 is 14.8 Å². The second kappa shape index (κ2) is 5.07. The second-order valence-electron chi connectivity index (χ2n) is 4.80. The van der Waals surface area contributed by atoms with E-state index >= 15 is 0 Å². The maximum absolute atomic E-state index is 5.95. The summed E-state index contributed by atoms with van der Waals surface area (Å²) in [5.74, 6) is 1.05. The normalized spacial score (nSPS) is 20.0. The summed E-state index contributed by atoms with van der Waals surface area (Å²) in [6.45, 7) is 3.73. The molecule has 0 radical (unpaired) electrons. The Bertz CT molecular complexity index is 386. The molecule has 1 N–H and O–H groups in total. The minimum absolute atomic E-state index is 0.431. The molecular weight excluding hydrogens is 214 g/mol. The molecule has 0 bridgehead atoms. The summed E-state index contributed by atoms with van der Waals surface area (Å²) in [4.78, 5) is 0. The van der Waals surface area contributed by atoms with E-state index in [1.807, 2.05) is 0 Å². The molecule has 0 aromatic heterocycles. The summed E-state index contributed by atoms with van der Waals surface area (Å²) in [5.41, 5.74) is 2.60. The van der Waals surface area contributed by atoms with Crippen LogP contribution < -0.4 is 10.1 Å². The first-order chi connectivity index (χ1) is 8.42. The average molecular weight is 233 g/mol. The van der Waals surface area contributed by atoms with Crippen molar-refractivity contribution in [2.45, 2.75) is 32.0 Å². The highest BCUT2D eigenvalue weighted by Gasteiger charge is 2.15. The number of nitrogens with one attached hydrogen (secondary N) is 1. The Kier molecular flexibility index (Phi) is 3.29. The molecule has 2 aliphatic rings. The molecule has 1 saturated heterocycles. The van der Waals surface area contributed by atoms with Crippen LogP contribution in [0.25, 0.3) is 0 Å². The number of fused-ring (bicyclic) bond motifs is 1. The van der Waals surface area contributed by atoms with Gasteiger partial charge in [-0.15, -0.1) is 0 Å². The van der Waals surface area contributed by atoms with Crippen molar-refractivity contribution in [3.63, 3.8) is 0 Å². The van der Waals surface area contributed by atoms with Crippen molar-refractivity contribution in [1.82, 2.24) is 5.32 Å². The van der Waals surface area contributed by atoms with Crippen LogP contribution in [0.3, 0.4) is 0 Å². The van der Waals surface area contributed by atoms with Gasteiger partial charge in [0.1, 0.15) is 5.75 Å². The van der Waals surface area contributed by atoms with E-state index in [0.717, 1.165) is 51.3 Å². The van der Waals surface area contributed by atoms with Gasteiger partial charge in [0.05, 0.1) is 19.3 Å². The van der Waals surface area contributed by atoms with Gasteiger partial charge in [0.15, 0.2) is 0 Å². The minimum atomic E-state index is 0.431. The molecule has 0 atom stereocenters. The largest absolute Gasteiger partial charge is 0.493 e. The average Bonchev–Trinajstić information content (AvgIpc) is 2.85. The maximum atomic E-state index is 5.95. The van der Waals surface area contributed by atoms with Gasteiger partial charge >= 0.3 is 0 Å². The van der Waals surface area contributed by atoms with E-state index in [9.17, 15) is 0 Å². The molecule has 2 aliphatic heterocycles. The molecule has 92 valence electrons. The molecule has 17 heavy (non-hydrogen) atoms. The van der Waals surface area contributed by atoms with E-state index in [2.05, 4.69) is 23.5 Å². The molecule has 3 heteroatoms. The molecule has 0 spiro atoms. The quantitative estimate of drug-likeness (QED) is 0.865. The summed E-state index contributed by atoms with van der Waals surface area (Å²) >= 11 is 0. The molecule has 0 saturated carbocycles. The van der Waals surface area contributed by atoms with Crippen LogP contribution >= 0.6 is 0 Å². The lowest BCUT2D eigenvalue weighted by Crippen LogP contribution is -2.32. The van der Waals surface area contributed by atoms with E-state index in [1.165, 1.54) is 11.1 Å². The Labute approximate surface area is 102 Å². The first kappa shape index (κ1) is 11.1. The predicted molar refractivity (Wildman–Crippen MR) is 66.3 cm³/mol. The number of ether oxygens (including phenoxy) is 2. The van der Waals surface area contributed by atoms with Crippen molar-refractivity contribution in [2.75, 3.05) is 19.7 Å². The third kappa shape index (κ3) is 2.61. The molecular formula is C14H19NO2. The third-order valence-electron chi connectivity index (χ3n) is 3.53.